The number of para-hydroxylation sites is 1. The lowest BCUT2D eigenvalue weighted by Crippen LogP contribution is -2.47. The summed E-state index contributed by atoms with van der Waals surface area (Å²) in [5.41, 5.74) is 1.78. The Bertz CT molecular complexity index is 1220. The first kappa shape index (κ1) is 19.6. The van der Waals surface area contributed by atoms with Gasteiger partial charge in [0.1, 0.15) is 11.9 Å². The van der Waals surface area contributed by atoms with Crippen LogP contribution in [0.4, 0.5) is 15.2 Å². The van der Waals surface area contributed by atoms with Gasteiger partial charge >= 0.3 is 0 Å². The second kappa shape index (κ2) is 8.07. The molecule has 5 rings (SSSR count). The Balaban J connectivity index is 1.39. The zero-order valence-corrected chi connectivity index (χ0v) is 17.7. The number of aromatic nitrogens is 3. The van der Waals surface area contributed by atoms with Gasteiger partial charge in [0.2, 0.25) is 17.6 Å². The number of benzene rings is 2. The summed E-state index contributed by atoms with van der Waals surface area (Å²) in [5, 5.41) is 7.33. The SMILES string of the molecule is Cc1nc(-c2ccc(N3CCCCC3C(=O)Nc3nc4ccccc4s3)c(F)c2)no1. The van der Waals surface area contributed by atoms with Crippen molar-refractivity contribution in [3.8, 4) is 11.4 Å². The van der Waals surface area contributed by atoms with Crippen LogP contribution in [-0.2, 0) is 4.79 Å². The molecule has 1 fully saturated rings. The van der Waals surface area contributed by atoms with Gasteiger partial charge in [-0.3, -0.25) is 4.79 Å². The molecule has 2 aromatic heterocycles. The van der Waals surface area contributed by atoms with E-state index in [4.69, 9.17) is 4.52 Å². The van der Waals surface area contributed by atoms with Crippen LogP contribution in [0.5, 0.6) is 0 Å². The minimum atomic E-state index is -0.464. The van der Waals surface area contributed by atoms with Crippen LogP contribution in [0.15, 0.2) is 47.0 Å². The van der Waals surface area contributed by atoms with E-state index in [9.17, 15) is 4.79 Å². The predicted molar refractivity (Wildman–Crippen MR) is 118 cm³/mol. The van der Waals surface area contributed by atoms with Gasteiger partial charge in [-0.05, 0) is 49.6 Å². The van der Waals surface area contributed by atoms with E-state index >= 15 is 4.39 Å². The predicted octanol–water partition coefficient (Wildman–Crippen LogP) is 4.79. The van der Waals surface area contributed by atoms with Crippen LogP contribution in [0, 0.1) is 12.7 Å². The van der Waals surface area contributed by atoms with Gasteiger partial charge in [0.25, 0.3) is 0 Å². The number of carbonyl (C=O) groups is 1. The fourth-order valence-electron chi connectivity index (χ4n) is 3.90. The van der Waals surface area contributed by atoms with Crippen LogP contribution in [0.25, 0.3) is 21.6 Å². The first-order chi connectivity index (χ1) is 15.1. The molecule has 0 saturated carbocycles. The highest BCUT2D eigenvalue weighted by molar-refractivity contribution is 7.22. The van der Waals surface area contributed by atoms with Crippen LogP contribution in [0.3, 0.4) is 0 Å². The molecule has 1 aliphatic heterocycles. The molecule has 158 valence electrons. The number of rotatable bonds is 4. The van der Waals surface area contributed by atoms with E-state index in [1.807, 2.05) is 29.2 Å². The van der Waals surface area contributed by atoms with E-state index in [0.717, 1.165) is 23.1 Å². The molecule has 1 saturated heterocycles. The average Bonchev–Trinajstić information content (AvgIpc) is 3.39. The van der Waals surface area contributed by atoms with Crippen molar-refractivity contribution in [1.29, 1.82) is 0 Å². The molecule has 1 N–H and O–H groups in total. The van der Waals surface area contributed by atoms with Gasteiger partial charge in [-0.25, -0.2) is 9.37 Å². The molecule has 0 radical (unpaired) electrons. The van der Waals surface area contributed by atoms with E-state index in [1.165, 1.54) is 17.4 Å². The summed E-state index contributed by atoms with van der Waals surface area (Å²) in [6.07, 6.45) is 2.47. The number of aryl methyl sites for hydroxylation is 1. The Morgan fingerprint density at radius 3 is 2.87 bits per heavy atom. The number of fused-ring (bicyclic) bond motifs is 1. The molecule has 3 heterocycles. The number of amides is 1. The fraction of sp³-hybridized carbons (Fsp3) is 0.273. The highest BCUT2D eigenvalue weighted by atomic mass is 32.1. The Kier molecular flexibility index (Phi) is 5.11. The van der Waals surface area contributed by atoms with Crippen LogP contribution in [0.1, 0.15) is 25.2 Å². The van der Waals surface area contributed by atoms with Crippen molar-refractivity contribution in [3.63, 3.8) is 0 Å². The van der Waals surface area contributed by atoms with Gasteiger partial charge in [0, 0.05) is 19.0 Å². The number of nitrogens with one attached hydrogen (secondary N) is 1. The summed E-state index contributed by atoms with van der Waals surface area (Å²) in [7, 11) is 0. The van der Waals surface area contributed by atoms with Gasteiger partial charge in [-0.2, -0.15) is 4.98 Å². The minimum Gasteiger partial charge on any atom is -0.357 e. The van der Waals surface area contributed by atoms with E-state index in [2.05, 4.69) is 20.4 Å². The lowest BCUT2D eigenvalue weighted by molar-refractivity contribution is -0.117. The maximum absolute atomic E-state index is 15.1. The average molecular weight is 438 g/mol. The lowest BCUT2D eigenvalue weighted by Gasteiger charge is -2.36. The van der Waals surface area contributed by atoms with E-state index in [1.54, 1.807) is 19.1 Å². The molecule has 1 unspecified atom stereocenters. The number of nitrogens with zero attached hydrogens (tertiary/aromatic N) is 4. The summed E-state index contributed by atoms with van der Waals surface area (Å²) >= 11 is 1.43. The molecule has 7 nitrogen and oxygen atoms in total. The van der Waals surface area contributed by atoms with Gasteiger partial charge in [0.15, 0.2) is 5.13 Å². The molecular formula is C22H20FN5O2S. The number of thiazole rings is 1. The van der Waals surface area contributed by atoms with Crippen LogP contribution >= 0.6 is 11.3 Å². The second-order valence-corrected chi connectivity index (χ2v) is 8.51. The summed E-state index contributed by atoms with van der Waals surface area (Å²) in [6.45, 7) is 2.29. The molecule has 0 aliphatic carbocycles. The Morgan fingerprint density at radius 1 is 1.23 bits per heavy atom. The first-order valence-electron chi connectivity index (χ1n) is 10.1. The summed E-state index contributed by atoms with van der Waals surface area (Å²) < 4.78 is 21.1. The Hall–Kier alpha value is -3.33. The fourth-order valence-corrected chi connectivity index (χ4v) is 4.77. The molecule has 31 heavy (non-hydrogen) atoms. The maximum atomic E-state index is 15.1. The van der Waals surface area contributed by atoms with Crippen molar-refractivity contribution in [1.82, 2.24) is 15.1 Å². The zero-order valence-electron chi connectivity index (χ0n) is 16.8. The summed E-state index contributed by atoms with van der Waals surface area (Å²) in [4.78, 5) is 23.6. The highest BCUT2D eigenvalue weighted by Crippen LogP contribution is 2.31. The molecule has 9 heteroatoms. The summed E-state index contributed by atoms with van der Waals surface area (Å²) in [5.74, 6) is 0.171. The summed E-state index contributed by atoms with van der Waals surface area (Å²) in [6, 6.07) is 12.1. The highest BCUT2D eigenvalue weighted by Gasteiger charge is 2.31. The molecule has 0 bridgehead atoms. The third kappa shape index (κ3) is 3.88. The van der Waals surface area contributed by atoms with E-state index in [0.29, 0.717) is 41.1 Å². The van der Waals surface area contributed by atoms with Crippen molar-refractivity contribution < 1.29 is 13.7 Å². The second-order valence-electron chi connectivity index (χ2n) is 7.48. The van der Waals surface area contributed by atoms with E-state index in [-0.39, 0.29) is 5.91 Å². The number of piperidine rings is 1. The quantitative estimate of drug-likeness (QED) is 0.494. The normalized spacial score (nSPS) is 16.6. The van der Waals surface area contributed by atoms with Gasteiger partial charge < -0.3 is 14.7 Å². The van der Waals surface area contributed by atoms with Crippen LogP contribution in [0.2, 0.25) is 0 Å². The third-order valence-corrected chi connectivity index (χ3v) is 6.32. The molecule has 1 atom stereocenters. The smallest absolute Gasteiger partial charge is 0.248 e. The number of anilines is 2. The van der Waals surface area contributed by atoms with Crippen molar-refractivity contribution in [2.24, 2.45) is 0 Å². The van der Waals surface area contributed by atoms with Crippen molar-refractivity contribution in [2.75, 3.05) is 16.8 Å². The molecule has 1 amide bonds. The monoisotopic (exact) mass is 437 g/mol. The van der Waals surface area contributed by atoms with Gasteiger partial charge in [-0.1, -0.05) is 28.6 Å². The molecule has 0 spiro atoms. The van der Waals surface area contributed by atoms with Crippen LogP contribution in [-0.4, -0.2) is 33.6 Å². The standard InChI is InChI=1S/C22H20FN5O2S/c1-13-24-20(27-30-13)14-9-10-17(15(23)12-14)28-11-5-4-7-18(28)21(29)26-22-25-16-6-2-3-8-19(16)31-22/h2-3,6,8-10,12,18H,4-5,7,11H2,1H3,(H,25,26,29). The first-order valence-corrected chi connectivity index (χ1v) is 10.9. The molecule has 4 aromatic rings. The van der Waals surface area contributed by atoms with Crippen molar-refractivity contribution >= 4 is 38.3 Å². The third-order valence-electron chi connectivity index (χ3n) is 5.37. The topological polar surface area (TPSA) is 84.2 Å². The number of carbonyl (C=O) groups excluding carboxylic acids is 1. The number of hydrogen-bond acceptors (Lipinski definition) is 7. The molecule has 1 aliphatic rings. The molecular weight excluding hydrogens is 417 g/mol. The Labute approximate surface area is 181 Å². The number of hydrogen-bond donors (Lipinski definition) is 1. The van der Waals surface area contributed by atoms with Gasteiger partial charge in [0.05, 0.1) is 15.9 Å². The van der Waals surface area contributed by atoms with Crippen molar-refractivity contribution in [3.05, 3.63) is 54.2 Å². The van der Waals surface area contributed by atoms with Gasteiger partial charge in [-0.15, -0.1) is 0 Å². The lowest BCUT2D eigenvalue weighted by atomic mass is 10.00. The zero-order chi connectivity index (χ0) is 21.4. The number of halogens is 1. The largest absolute Gasteiger partial charge is 0.357 e. The van der Waals surface area contributed by atoms with Crippen molar-refractivity contribution in [2.45, 2.75) is 32.2 Å². The Morgan fingerprint density at radius 2 is 2.10 bits per heavy atom. The maximum Gasteiger partial charge on any atom is 0.248 e. The molecule has 2 aromatic carbocycles. The van der Waals surface area contributed by atoms with E-state index < -0.39 is 11.9 Å². The van der Waals surface area contributed by atoms with Crippen LogP contribution < -0.4 is 10.2 Å². The minimum absolute atomic E-state index is 0.170.